The van der Waals surface area contributed by atoms with Crippen molar-refractivity contribution in [3.8, 4) is 0 Å². The van der Waals surface area contributed by atoms with E-state index in [4.69, 9.17) is 9.84 Å². The average Bonchev–Trinajstić information content (AvgIpc) is 1.85. The van der Waals surface area contributed by atoms with Crippen LogP contribution in [-0.4, -0.2) is 48.5 Å². The quantitative estimate of drug-likeness (QED) is 0.697. The number of aliphatic hydroxyl groups is 1. The molecule has 0 radical (unpaired) electrons. The van der Waals surface area contributed by atoms with Gasteiger partial charge in [0.25, 0.3) is 0 Å². The predicted octanol–water partition coefficient (Wildman–Crippen LogP) is 0.510. The molecular formula is C8H18ClNO2. The molecule has 12 heavy (non-hydrogen) atoms. The molecule has 0 aromatic rings. The second-order valence-electron chi connectivity index (χ2n) is 3.24. The topological polar surface area (TPSA) is 32.7 Å². The van der Waals surface area contributed by atoms with E-state index in [1.54, 1.807) is 0 Å². The molecular weight excluding hydrogens is 178 g/mol. The molecule has 0 spiro atoms. The van der Waals surface area contributed by atoms with Gasteiger partial charge in [-0.25, -0.2) is 0 Å². The minimum absolute atomic E-state index is 0. The lowest BCUT2D eigenvalue weighted by molar-refractivity contribution is -0.0705. The van der Waals surface area contributed by atoms with Crippen molar-refractivity contribution in [1.29, 1.82) is 0 Å². The van der Waals surface area contributed by atoms with E-state index in [1.165, 1.54) is 0 Å². The van der Waals surface area contributed by atoms with Crippen molar-refractivity contribution >= 4 is 12.4 Å². The molecule has 1 N–H and O–H groups in total. The molecule has 1 aliphatic rings. The third-order valence-corrected chi connectivity index (χ3v) is 1.91. The number of hydrogen-bond acceptors (Lipinski definition) is 3. The van der Waals surface area contributed by atoms with Crippen molar-refractivity contribution in [2.75, 3.05) is 26.2 Å². The molecule has 1 saturated heterocycles. The molecule has 1 rings (SSSR count). The largest absolute Gasteiger partial charge is 0.395 e. The first kappa shape index (κ1) is 12.2. The molecule has 0 saturated carbocycles. The monoisotopic (exact) mass is 195 g/mol. The predicted molar refractivity (Wildman–Crippen MR) is 50.8 cm³/mol. The van der Waals surface area contributed by atoms with Crippen LogP contribution in [0.5, 0.6) is 0 Å². The molecule has 74 valence electrons. The van der Waals surface area contributed by atoms with E-state index in [9.17, 15) is 0 Å². The maximum atomic E-state index is 8.71. The Balaban J connectivity index is 0.00000121. The highest BCUT2D eigenvalue weighted by Gasteiger charge is 2.20. The second kappa shape index (κ2) is 5.75. The lowest BCUT2D eigenvalue weighted by Gasteiger charge is -2.34. The van der Waals surface area contributed by atoms with Crippen LogP contribution in [0.2, 0.25) is 0 Å². The molecule has 0 aromatic carbocycles. The third kappa shape index (κ3) is 3.72. The van der Waals surface area contributed by atoms with Gasteiger partial charge in [0, 0.05) is 19.6 Å². The Kier molecular flexibility index (Phi) is 5.84. The molecule has 2 atom stereocenters. The summed E-state index contributed by atoms with van der Waals surface area (Å²) in [6.45, 7) is 7.06. The maximum absolute atomic E-state index is 8.71. The SMILES string of the molecule is CC1CN(CCO)CC(C)O1.Cl. The number of β-amino-alcohol motifs (C(OH)–C–C–N with tert-alkyl or cyclic N) is 1. The average molecular weight is 196 g/mol. The highest BCUT2D eigenvalue weighted by molar-refractivity contribution is 5.85. The Morgan fingerprint density at radius 3 is 2.25 bits per heavy atom. The summed E-state index contributed by atoms with van der Waals surface area (Å²) in [6, 6.07) is 0. The lowest BCUT2D eigenvalue weighted by Crippen LogP contribution is -2.46. The summed E-state index contributed by atoms with van der Waals surface area (Å²) in [6.07, 6.45) is 0.621. The molecule has 1 fully saturated rings. The zero-order valence-electron chi connectivity index (χ0n) is 7.69. The van der Waals surface area contributed by atoms with Crippen molar-refractivity contribution < 1.29 is 9.84 Å². The van der Waals surface area contributed by atoms with Crippen LogP contribution in [0.25, 0.3) is 0 Å². The van der Waals surface area contributed by atoms with Gasteiger partial charge < -0.3 is 9.84 Å². The fourth-order valence-corrected chi connectivity index (χ4v) is 1.61. The van der Waals surface area contributed by atoms with Crippen LogP contribution < -0.4 is 0 Å². The van der Waals surface area contributed by atoms with Crippen molar-refractivity contribution in [2.45, 2.75) is 26.1 Å². The zero-order valence-corrected chi connectivity index (χ0v) is 8.51. The van der Waals surface area contributed by atoms with E-state index in [-0.39, 0.29) is 19.0 Å². The summed E-state index contributed by atoms with van der Waals surface area (Å²) in [5, 5.41) is 8.71. The van der Waals surface area contributed by atoms with Crippen LogP contribution in [0.3, 0.4) is 0 Å². The highest BCUT2D eigenvalue weighted by atomic mass is 35.5. The molecule has 0 aromatic heterocycles. The van der Waals surface area contributed by atoms with E-state index >= 15 is 0 Å². The van der Waals surface area contributed by atoms with Crippen molar-refractivity contribution in [3.05, 3.63) is 0 Å². The van der Waals surface area contributed by atoms with Crippen molar-refractivity contribution in [3.63, 3.8) is 0 Å². The Labute approximate surface area is 80.1 Å². The van der Waals surface area contributed by atoms with Crippen molar-refractivity contribution in [1.82, 2.24) is 4.90 Å². The normalized spacial score (nSPS) is 31.2. The van der Waals surface area contributed by atoms with E-state index in [1.807, 2.05) is 0 Å². The number of hydrogen-bond donors (Lipinski definition) is 1. The van der Waals surface area contributed by atoms with Gasteiger partial charge in [0.15, 0.2) is 0 Å². The molecule has 0 amide bonds. The van der Waals surface area contributed by atoms with Crippen LogP contribution >= 0.6 is 12.4 Å². The molecule has 4 heteroatoms. The van der Waals surface area contributed by atoms with Gasteiger partial charge in [0.05, 0.1) is 18.8 Å². The van der Waals surface area contributed by atoms with E-state index in [0.717, 1.165) is 19.6 Å². The number of ether oxygens (including phenoxy) is 1. The molecule has 2 unspecified atom stereocenters. The summed E-state index contributed by atoms with van der Waals surface area (Å²) >= 11 is 0. The first-order chi connectivity index (χ1) is 5.22. The number of nitrogens with zero attached hydrogens (tertiary/aromatic N) is 1. The van der Waals surface area contributed by atoms with Crippen LogP contribution in [0, 0.1) is 0 Å². The molecule has 0 aliphatic carbocycles. The highest BCUT2D eigenvalue weighted by Crippen LogP contribution is 2.09. The van der Waals surface area contributed by atoms with E-state index < -0.39 is 0 Å². The third-order valence-electron chi connectivity index (χ3n) is 1.91. The Morgan fingerprint density at radius 2 is 1.83 bits per heavy atom. The van der Waals surface area contributed by atoms with Gasteiger partial charge in [-0.05, 0) is 13.8 Å². The van der Waals surface area contributed by atoms with Gasteiger partial charge in [-0.1, -0.05) is 0 Å². The summed E-state index contributed by atoms with van der Waals surface area (Å²) < 4.78 is 5.54. The fourth-order valence-electron chi connectivity index (χ4n) is 1.61. The minimum atomic E-state index is 0. The van der Waals surface area contributed by atoms with Gasteiger partial charge in [0.2, 0.25) is 0 Å². The summed E-state index contributed by atoms with van der Waals surface area (Å²) in [5.41, 5.74) is 0. The Bertz CT molecular complexity index is 114. The van der Waals surface area contributed by atoms with Gasteiger partial charge in [-0.3, -0.25) is 4.90 Å². The minimum Gasteiger partial charge on any atom is -0.395 e. The molecule has 1 heterocycles. The first-order valence-corrected chi connectivity index (χ1v) is 4.21. The first-order valence-electron chi connectivity index (χ1n) is 4.21. The van der Waals surface area contributed by atoms with Gasteiger partial charge >= 0.3 is 0 Å². The van der Waals surface area contributed by atoms with Crippen LogP contribution in [0.15, 0.2) is 0 Å². The van der Waals surface area contributed by atoms with Gasteiger partial charge in [0.1, 0.15) is 0 Å². The number of aliphatic hydroxyl groups excluding tert-OH is 1. The van der Waals surface area contributed by atoms with Gasteiger partial charge in [-0.15, -0.1) is 12.4 Å². The number of halogens is 1. The van der Waals surface area contributed by atoms with E-state index in [2.05, 4.69) is 18.7 Å². The zero-order chi connectivity index (χ0) is 8.27. The van der Waals surface area contributed by atoms with Crippen LogP contribution in [0.4, 0.5) is 0 Å². The number of morpholine rings is 1. The summed E-state index contributed by atoms with van der Waals surface area (Å²) in [5.74, 6) is 0. The molecule has 0 bridgehead atoms. The molecule has 3 nitrogen and oxygen atoms in total. The maximum Gasteiger partial charge on any atom is 0.0678 e. The van der Waals surface area contributed by atoms with Crippen LogP contribution in [0.1, 0.15) is 13.8 Å². The van der Waals surface area contributed by atoms with Gasteiger partial charge in [-0.2, -0.15) is 0 Å². The van der Waals surface area contributed by atoms with E-state index in [0.29, 0.717) is 12.2 Å². The number of rotatable bonds is 2. The van der Waals surface area contributed by atoms with Crippen LogP contribution in [-0.2, 0) is 4.74 Å². The molecule has 1 aliphatic heterocycles. The Morgan fingerprint density at radius 1 is 1.33 bits per heavy atom. The smallest absolute Gasteiger partial charge is 0.0678 e. The Hall–Kier alpha value is 0.170. The lowest BCUT2D eigenvalue weighted by atomic mass is 10.2. The summed E-state index contributed by atoms with van der Waals surface area (Å²) in [7, 11) is 0. The summed E-state index contributed by atoms with van der Waals surface area (Å²) in [4.78, 5) is 2.23. The van der Waals surface area contributed by atoms with Crippen molar-refractivity contribution in [2.24, 2.45) is 0 Å². The second-order valence-corrected chi connectivity index (χ2v) is 3.24. The fraction of sp³-hybridized carbons (Fsp3) is 1.00. The standard InChI is InChI=1S/C8H17NO2.ClH/c1-7-5-9(3-4-10)6-8(2)11-7;/h7-8,10H,3-6H2,1-2H3;1H.